The van der Waals surface area contributed by atoms with Crippen molar-refractivity contribution in [3.8, 4) is 0 Å². The highest BCUT2D eigenvalue weighted by Crippen LogP contribution is 2.20. The Morgan fingerprint density at radius 2 is 2.14 bits per heavy atom. The molecule has 0 aliphatic rings. The van der Waals surface area contributed by atoms with E-state index in [2.05, 4.69) is 15.5 Å². The number of aromatic amines is 1. The molecule has 0 saturated heterocycles. The van der Waals surface area contributed by atoms with Crippen molar-refractivity contribution in [1.82, 2.24) is 15.5 Å². The van der Waals surface area contributed by atoms with E-state index in [1.54, 1.807) is 6.07 Å². The molecular weight excluding hydrogens is 269 g/mol. The van der Waals surface area contributed by atoms with Gasteiger partial charge in [-0.2, -0.15) is 5.10 Å². The number of hydrogen-bond donors (Lipinski definition) is 2. The predicted molar refractivity (Wildman–Crippen MR) is 79.7 cm³/mol. The van der Waals surface area contributed by atoms with Crippen LogP contribution in [-0.2, 0) is 6.42 Å². The van der Waals surface area contributed by atoms with Gasteiger partial charge < -0.3 is 5.32 Å². The molecule has 1 amide bonds. The van der Waals surface area contributed by atoms with E-state index in [1.165, 1.54) is 12.1 Å². The molecule has 5 heteroatoms. The summed E-state index contributed by atoms with van der Waals surface area (Å²) in [5, 5.41) is 9.95. The molecular formula is C16H20FN3O. The van der Waals surface area contributed by atoms with Gasteiger partial charge in [-0.05, 0) is 44.9 Å². The fourth-order valence-electron chi connectivity index (χ4n) is 2.61. The van der Waals surface area contributed by atoms with Gasteiger partial charge in [0.25, 0.3) is 5.91 Å². The second kappa shape index (κ2) is 6.08. The van der Waals surface area contributed by atoms with Crippen molar-refractivity contribution in [3.05, 3.63) is 52.1 Å². The molecule has 1 aromatic heterocycles. The molecule has 0 spiro atoms. The van der Waals surface area contributed by atoms with Crippen LogP contribution in [-0.4, -0.2) is 16.1 Å². The summed E-state index contributed by atoms with van der Waals surface area (Å²) in [6, 6.07) is 4.13. The average Bonchev–Trinajstić information content (AvgIpc) is 2.78. The number of H-pyrrole nitrogens is 1. The smallest absolute Gasteiger partial charge is 0.252 e. The summed E-state index contributed by atoms with van der Waals surface area (Å²) in [6.07, 6.45) is 0.682. The summed E-state index contributed by atoms with van der Waals surface area (Å²) in [5.41, 5.74) is 3.98. The fourth-order valence-corrected chi connectivity index (χ4v) is 2.61. The summed E-state index contributed by atoms with van der Waals surface area (Å²) in [6.45, 7) is 7.64. The Morgan fingerprint density at radius 1 is 1.43 bits per heavy atom. The number of rotatable bonds is 4. The number of benzene rings is 1. The number of carbonyl (C=O) groups is 1. The molecule has 0 fully saturated rings. The van der Waals surface area contributed by atoms with E-state index < -0.39 is 5.82 Å². The third kappa shape index (κ3) is 3.12. The molecule has 0 radical (unpaired) electrons. The lowest BCUT2D eigenvalue weighted by Gasteiger charge is -2.16. The summed E-state index contributed by atoms with van der Waals surface area (Å²) < 4.78 is 13.4. The Labute approximate surface area is 123 Å². The number of halogens is 1. The number of aryl methyl sites for hydroxylation is 3. The average molecular weight is 289 g/mol. The van der Waals surface area contributed by atoms with E-state index in [9.17, 15) is 9.18 Å². The predicted octanol–water partition coefficient (Wildman–Crippen LogP) is 3.22. The second-order valence-electron chi connectivity index (χ2n) is 5.20. The second-order valence-corrected chi connectivity index (χ2v) is 5.20. The molecule has 0 aliphatic carbocycles. The summed E-state index contributed by atoms with van der Waals surface area (Å²) in [5.74, 6) is -0.667. The number of nitrogens with one attached hydrogen (secondary N) is 2. The van der Waals surface area contributed by atoms with Gasteiger partial charge in [0.2, 0.25) is 0 Å². The molecule has 1 aromatic carbocycles. The molecule has 0 saturated carbocycles. The maximum absolute atomic E-state index is 13.4. The Hall–Kier alpha value is -2.17. The Kier molecular flexibility index (Phi) is 4.40. The van der Waals surface area contributed by atoms with Gasteiger partial charge in [-0.15, -0.1) is 0 Å². The number of carbonyl (C=O) groups excluding carboxylic acids is 1. The Balaban J connectivity index is 2.24. The highest BCUT2D eigenvalue weighted by Gasteiger charge is 2.19. The summed E-state index contributed by atoms with van der Waals surface area (Å²) in [7, 11) is 0. The van der Waals surface area contributed by atoms with Crippen LogP contribution in [0.3, 0.4) is 0 Å². The van der Waals surface area contributed by atoms with Crippen molar-refractivity contribution in [1.29, 1.82) is 0 Å². The summed E-state index contributed by atoms with van der Waals surface area (Å²) >= 11 is 0. The van der Waals surface area contributed by atoms with Gasteiger partial charge in [0.05, 0.1) is 11.7 Å². The van der Waals surface area contributed by atoms with E-state index in [1.807, 2.05) is 27.7 Å². The quantitative estimate of drug-likeness (QED) is 0.908. The SMILES string of the molecule is CCc1ccc(F)cc1C(=O)NC(C)c1c(C)n[nH]c1C. The molecule has 2 rings (SSSR count). The van der Waals surface area contributed by atoms with Crippen molar-refractivity contribution >= 4 is 5.91 Å². The first kappa shape index (κ1) is 15.2. The molecule has 1 heterocycles. The molecule has 2 N–H and O–H groups in total. The van der Waals surface area contributed by atoms with Crippen molar-refractivity contribution in [3.63, 3.8) is 0 Å². The number of aromatic nitrogens is 2. The Bertz CT molecular complexity index is 644. The van der Waals surface area contributed by atoms with Gasteiger partial charge >= 0.3 is 0 Å². The van der Waals surface area contributed by atoms with Crippen LogP contribution in [0.2, 0.25) is 0 Å². The van der Waals surface area contributed by atoms with E-state index in [4.69, 9.17) is 0 Å². The topological polar surface area (TPSA) is 57.8 Å². The van der Waals surface area contributed by atoms with Crippen LogP contribution in [0.4, 0.5) is 4.39 Å². The maximum atomic E-state index is 13.4. The maximum Gasteiger partial charge on any atom is 0.252 e. The monoisotopic (exact) mass is 289 g/mol. The van der Waals surface area contributed by atoms with Crippen LogP contribution < -0.4 is 5.32 Å². The minimum atomic E-state index is -0.402. The van der Waals surface area contributed by atoms with Crippen molar-refractivity contribution < 1.29 is 9.18 Å². The zero-order chi connectivity index (χ0) is 15.6. The lowest BCUT2D eigenvalue weighted by Crippen LogP contribution is -2.28. The zero-order valence-corrected chi connectivity index (χ0v) is 12.7. The lowest BCUT2D eigenvalue weighted by atomic mass is 10.0. The van der Waals surface area contributed by atoms with Crippen molar-refractivity contribution in [2.75, 3.05) is 0 Å². The zero-order valence-electron chi connectivity index (χ0n) is 12.7. The van der Waals surface area contributed by atoms with Crippen molar-refractivity contribution in [2.45, 2.75) is 40.2 Å². The first-order valence-corrected chi connectivity index (χ1v) is 7.04. The third-order valence-corrected chi connectivity index (χ3v) is 3.66. The Morgan fingerprint density at radius 3 is 2.71 bits per heavy atom. The third-order valence-electron chi connectivity index (χ3n) is 3.66. The highest BCUT2D eigenvalue weighted by atomic mass is 19.1. The normalized spacial score (nSPS) is 12.2. The molecule has 0 aliphatic heterocycles. The number of hydrogen-bond acceptors (Lipinski definition) is 2. The lowest BCUT2D eigenvalue weighted by molar-refractivity contribution is 0.0938. The van der Waals surface area contributed by atoms with E-state index in [0.717, 1.165) is 22.5 Å². The highest BCUT2D eigenvalue weighted by molar-refractivity contribution is 5.96. The van der Waals surface area contributed by atoms with Crippen LogP contribution >= 0.6 is 0 Å². The number of nitrogens with zero attached hydrogens (tertiary/aromatic N) is 1. The van der Waals surface area contributed by atoms with Crippen LogP contribution in [0, 0.1) is 19.7 Å². The van der Waals surface area contributed by atoms with Gasteiger partial charge in [0.1, 0.15) is 5.82 Å². The molecule has 1 atom stereocenters. The summed E-state index contributed by atoms with van der Waals surface area (Å²) in [4.78, 5) is 12.4. The fraction of sp³-hybridized carbons (Fsp3) is 0.375. The van der Waals surface area contributed by atoms with Gasteiger partial charge in [-0.3, -0.25) is 9.89 Å². The standard InChI is InChI=1S/C16H20FN3O/c1-5-12-6-7-13(17)8-14(12)16(21)18-9(2)15-10(3)19-20-11(15)4/h6-9H,5H2,1-4H3,(H,18,21)(H,19,20). The van der Waals surface area contributed by atoms with Crippen LogP contribution in [0.1, 0.15) is 52.8 Å². The van der Waals surface area contributed by atoms with Crippen LogP contribution in [0.5, 0.6) is 0 Å². The van der Waals surface area contributed by atoms with Crippen LogP contribution in [0.25, 0.3) is 0 Å². The van der Waals surface area contributed by atoms with Gasteiger partial charge in [-0.25, -0.2) is 4.39 Å². The van der Waals surface area contributed by atoms with E-state index in [-0.39, 0.29) is 11.9 Å². The van der Waals surface area contributed by atoms with Crippen molar-refractivity contribution in [2.24, 2.45) is 0 Å². The number of amides is 1. The molecule has 1 unspecified atom stereocenters. The van der Waals surface area contributed by atoms with Gasteiger partial charge in [0, 0.05) is 16.8 Å². The minimum absolute atomic E-state index is 0.191. The van der Waals surface area contributed by atoms with E-state index in [0.29, 0.717) is 12.0 Å². The molecule has 2 aromatic rings. The largest absolute Gasteiger partial charge is 0.345 e. The van der Waals surface area contributed by atoms with Gasteiger partial charge in [0.15, 0.2) is 0 Å². The first-order valence-electron chi connectivity index (χ1n) is 7.04. The molecule has 0 bridgehead atoms. The molecule has 112 valence electrons. The van der Waals surface area contributed by atoms with Gasteiger partial charge in [-0.1, -0.05) is 13.0 Å². The van der Waals surface area contributed by atoms with E-state index >= 15 is 0 Å². The minimum Gasteiger partial charge on any atom is -0.345 e. The molecule has 21 heavy (non-hydrogen) atoms. The molecule has 4 nitrogen and oxygen atoms in total. The first-order chi connectivity index (χ1) is 9.93. The van der Waals surface area contributed by atoms with Crippen LogP contribution in [0.15, 0.2) is 18.2 Å².